The van der Waals surface area contributed by atoms with Crippen LogP contribution in [0.2, 0.25) is 0 Å². The Kier molecular flexibility index (Phi) is 3.99. The van der Waals surface area contributed by atoms with Gasteiger partial charge in [0.15, 0.2) is 0 Å². The molecule has 0 N–H and O–H groups in total. The fourth-order valence-electron chi connectivity index (χ4n) is 1.62. The Morgan fingerprint density at radius 1 is 1.44 bits per heavy atom. The van der Waals surface area contributed by atoms with Gasteiger partial charge >= 0.3 is 0 Å². The largest absolute Gasteiger partial charge is 0.297 e. The van der Waals surface area contributed by atoms with E-state index in [1.165, 1.54) is 13.3 Å². The zero-order chi connectivity index (χ0) is 11.5. The van der Waals surface area contributed by atoms with Crippen molar-refractivity contribution >= 4 is 33.9 Å². The van der Waals surface area contributed by atoms with Crippen LogP contribution in [-0.2, 0) is 20.1 Å². The third-order valence-corrected chi connectivity index (χ3v) is 4.14. The highest BCUT2D eigenvalue weighted by atomic mass is 127. The van der Waals surface area contributed by atoms with Crippen molar-refractivity contribution in [2.75, 3.05) is 7.05 Å². The Balaban J connectivity index is 1.91. The Bertz CT molecular complexity index is 421. The van der Waals surface area contributed by atoms with Gasteiger partial charge in [-0.1, -0.05) is 0 Å². The van der Waals surface area contributed by atoms with Gasteiger partial charge in [-0.2, -0.15) is 5.10 Å². The summed E-state index contributed by atoms with van der Waals surface area (Å²) in [6.07, 6.45) is 3.99. The van der Waals surface area contributed by atoms with Gasteiger partial charge in [0, 0.05) is 36.8 Å². The van der Waals surface area contributed by atoms with E-state index in [1.54, 1.807) is 0 Å². The average molecular weight is 347 g/mol. The number of halogens is 1. The Morgan fingerprint density at radius 3 is 2.81 bits per heavy atom. The summed E-state index contributed by atoms with van der Waals surface area (Å²) in [6.45, 7) is 1.95. The SMILES string of the molecule is CN(Cc1cnn(C)c1)Cc1ccc(I)s1. The van der Waals surface area contributed by atoms with Crippen molar-refractivity contribution in [1.82, 2.24) is 14.7 Å². The first kappa shape index (κ1) is 12.1. The van der Waals surface area contributed by atoms with E-state index in [0.29, 0.717) is 0 Å². The van der Waals surface area contributed by atoms with Gasteiger partial charge in [0.25, 0.3) is 0 Å². The topological polar surface area (TPSA) is 21.1 Å². The van der Waals surface area contributed by atoms with Crippen LogP contribution in [0.5, 0.6) is 0 Å². The van der Waals surface area contributed by atoms with Crippen LogP contribution in [0.15, 0.2) is 24.5 Å². The monoisotopic (exact) mass is 347 g/mol. The summed E-state index contributed by atoms with van der Waals surface area (Å²) in [6, 6.07) is 4.37. The lowest BCUT2D eigenvalue weighted by molar-refractivity contribution is 0.322. The lowest BCUT2D eigenvalue weighted by Gasteiger charge is -2.13. The third-order valence-electron chi connectivity index (χ3n) is 2.27. The van der Waals surface area contributed by atoms with E-state index in [9.17, 15) is 0 Å². The van der Waals surface area contributed by atoms with Crippen LogP contribution in [0.4, 0.5) is 0 Å². The molecule has 3 nitrogen and oxygen atoms in total. The van der Waals surface area contributed by atoms with Crippen molar-refractivity contribution in [2.24, 2.45) is 7.05 Å². The molecule has 0 bridgehead atoms. The van der Waals surface area contributed by atoms with E-state index in [4.69, 9.17) is 0 Å². The molecule has 2 rings (SSSR count). The number of aromatic nitrogens is 2. The van der Waals surface area contributed by atoms with E-state index in [0.717, 1.165) is 13.1 Å². The Hall–Kier alpha value is -0.400. The molecular weight excluding hydrogens is 333 g/mol. The van der Waals surface area contributed by atoms with Crippen LogP contribution >= 0.6 is 33.9 Å². The van der Waals surface area contributed by atoms with E-state index < -0.39 is 0 Å². The second-order valence-corrected chi connectivity index (χ2v) is 6.96. The predicted octanol–water partition coefficient (Wildman–Crippen LogP) is 2.72. The highest BCUT2D eigenvalue weighted by Crippen LogP contribution is 2.19. The number of hydrogen-bond acceptors (Lipinski definition) is 3. The molecule has 0 unspecified atom stereocenters. The van der Waals surface area contributed by atoms with Gasteiger partial charge in [0.2, 0.25) is 0 Å². The van der Waals surface area contributed by atoms with E-state index in [2.05, 4.69) is 58.0 Å². The summed E-state index contributed by atoms with van der Waals surface area (Å²) in [5, 5.41) is 4.17. The molecule has 2 aromatic rings. The summed E-state index contributed by atoms with van der Waals surface area (Å²) in [5.41, 5.74) is 1.26. The van der Waals surface area contributed by atoms with Gasteiger partial charge in [0.05, 0.1) is 9.08 Å². The molecule has 0 aromatic carbocycles. The molecule has 0 radical (unpaired) electrons. The fourth-order valence-corrected chi connectivity index (χ4v) is 3.46. The average Bonchev–Trinajstić information content (AvgIpc) is 2.76. The quantitative estimate of drug-likeness (QED) is 0.793. The van der Waals surface area contributed by atoms with E-state index in [1.807, 2.05) is 29.3 Å². The van der Waals surface area contributed by atoms with Crippen LogP contribution in [0, 0.1) is 2.88 Å². The number of hydrogen-bond donors (Lipinski definition) is 0. The van der Waals surface area contributed by atoms with Gasteiger partial charge in [-0.05, 0) is 41.8 Å². The minimum Gasteiger partial charge on any atom is -0.297 e. The van der Waals surface area contributed by atoms with Gasteiger partial charge < -0.3 is 0 Å². The van der Waals surface area contributed by atoms with Crippen LogP contribution in [0.25, 0.3) is 0 Å². The molecule has 0 aliphatic carbocycles. The lowest BCUT2D eigenvalue weighted by Crippen LogP contribution is -2.16. The number of thiophene rings is 1. The molecular formula is C11H14IN3S. The highest BCUT2D eigenvalue weighted by Gasteiger charge is 2.05. The van der Waals surface area contributed by atoms with Crippen LogP contribution < -0.4 is 0 Å². The van der Waals surface area contributed by atoms with Crippen molar-refractivity contribution in [3.63, 3.8) is 0 Å². The minimum atomic E-state index is 0.947. The number of aryl methyl sites for hydroxylation is 1. The molecule has 0 saturated carbocycles. The van der Waals surface area contributed by atoms with Gasteiger partial charge in [-0.15, -0.1) is 11.3 Å². The molecule has 0 amide bonds. The number of nitrogens with zero attached hydrogens (tertiary/aromatic N) is 3. The molecule has 0 spiro atoms. The van der Waals surface area contributed by atoms with Gasteiger partial charge in [0.1, 0.15) is 0 Å². The molecule has 0 aliphatic heterocycles. The summed E-state index contributed by atoms with van der Waals surface area (Å²) in [7, 11) is 4.09. The van der Waals surface area contributed by atoms with Crippen molar-refractivity contribution < 1.29 is 0 Å². The Morgan fingerprint density at radius 2 is 2.25 bits per heavy atom. The molecule has 0 aliphatic rings. The zero-order valence-electron chi connectivity index (χ0n) is 9.35. The van der Waals surface area contributed by atoms with Crippen LogP contribution in [0.1, 0.15) is 10.4 Å². The Labute approximate surface area is 113 Å². The highest BCUT2D eigenvalue weighted by molar-refractivity contribution is 14.1. The van der Waals surface area contributed by atoms with E-state index >= 15 is 0 Å². The molecule has 0 saturated heterocycles. The molecule has 0 atom stereocenters. The third kappa shape index (κ3) is 3.29. The summed E-state index contributed by atoms with van der Waals surface area (Å²) in [5.74, 6) is 0. The lowest BCUT2D eigenvalue weighted by atomic mass is 10.3. The van der Waals surface area contributed by atoms with Crippen molar-refractivity contribution in [3.8, 4) is 0 Å². The van der Waals surface area contributed by atoms with Crippen molar-refractivity contribution in [2.45, 2.75) is 13.1 Å². The van der Waals surface area contributed by atoms with Crippen molar-refractivity contribution in [3.05, 3.63) is 37.9 Å². The maximum Gasteiger partial charge on any atom is 0.0656 e. The summed E-state index contributed by atoms with van der Waals surface area (Å²) >= 11 is 4.22. The molecule has 5 heteroatoms. The van der Waals surface area contributed by atoms with Crippen molar-refractivity contribution in [1.29, 1.82) is 0 Å². The van der Waals surface area contributed by atoms with Gasteiger partial charge in [-0.3, -0.25) is 9.58 Å². The second kappa shape index (κ2) is 5.29. The zero-order valence-corrected chi connectivity index (χ0v) is 12.3. The fraction of sp³-hybridized carbons (Fsp3) is 0.364. The smallest absolute Gasteiger partial charge is 0.0656 e. The predicted molar refractivity (Wildman–Crippen MR) is 75.4 cm³/mol. The maximum absolute atomic E-state index is 4.17. The van der Waals surface area contributed by atoms with E-state index in [-0.39, 0.29) is 0 Å². The molecule has 0 fully saturated rings. The van der Waals surface area contributed by atoms with Crippen LogP contribution in [-0.4, -0.2) is 21.7 Å². The first-order valence-corrected chi connectivity index (χ1v) is 6.93. The normalized spacial score (nSPS) is 11.2. The molecule has 86 valence electrons. The summed E-state index contributed by atoms with van der Waals surface area (Å²) < 4.78 is 3.19. The first-order valence-electron chi connectivity index (χ1n) is 5.04. The second-order valence-electron chi connectivity index (χ2n) is 3.90. The minimum absolute atomic E-state index is 0.947. The maximum atomic E-state index is 4.17. The number of rotatable bonds is 4. The first-order chi connectivity index (χ1) is 7.63. The molecule has 16 heavy (non-hydrogen) atoms. The van der Waals surface area contributed by atoms with Crippen LogP contribution in [0.3, 0.4) is 0 Å². The summed E-state index contributed by atoms with van der Waals surface area (Å²) in [4.78, 5) is 3.72. The van der Waals surface area contributed by atoms with Gasteiger partial charge in [-0.25, -0.2) is 0 Å². The standard InChI is InChI=1S/C11H14IN3S/c1-14(6-9-5-13-15(2)7-9)8-10-3-4-11(12)16-10/h3-5,7H,6,8H2,1-2H3. The molecule has 2 aromatic heterocycles. The molecule has 2 heterocycles.